The summed E-state index contributed by atoms with van der Waals surface area (Å²) in [6.07, 6.45) is 0.200. The van der Waals surface area contributed by atoms with Crippen LogP contribution in [-0.2, 0) is 19.0 Å². The van der Waals surface area contributed by atoms with Gasteiger partial charge in [0.05, 0.1) is 18.8 Å². The van der Waals surface area contributed by atoms with Crippen LogP contribution in [0.1, 0.15) is 34.1 Å². The van der Waals surface area contributed by atoms with E-state index in [1.807, 2.05) is 20.8 Å². The van der Waals surface area contributed by atoms with Crippen LogP contribution in [0.3, 0.4) is 0 Å². The van der Waals surface area contributed by atoms with Crippen molar-refractivity contribution < 1.29 is 29.2 Å². The van der Waals surface area contributed by atoms with Gasteiger partial charge in [-0.05, 0) is 34.1 Å². The molecule has 0 aliphatic heterocycles. The topological polar surface area (TPSA) is 88.5 Å². The van der Waals surface area contributed by atoms with Crippen LogP contribution in [0, 0.1) is 0 Å². The Kier molecular flexibility index (Phi) is 11.4. The molecule has 1 atom stereocenters. The van der Waals surface area contributed by atoms with E-state index in [9.17, 15) is 4.79 Å². The molecule has 1 unspecified atom stereocenters. The molecule has 0 heterocycles. The van der Waals surface area contributed by atoms with Crippen LogP contribution >= 0.6 is 0 Å². The lowest BCUT2D eigenvalue weighted by molar-refractivity contribution is -0.145. The molecular weight excluding hydrogens is 290 g/mol. The largest absolute Gasteiger partial charge is 0.396 e. The van der Waals surface area contributed by atoms with Gasteiger partial charge in [-0.25, -0.2) is 0 Å². The van der Waals surface area contributed by atoms with Crippen LogP contribution < -0.4 is 0 Å². The zero-order chi connectivity index (χ0) is 17.0. The maximum Gasteiger partial charge on any atom is 0.248 e. The number of carbonyl (C=O) groups is 1. The summed E-state index contributed by atoms with van der Waals surface area (Å²) in [5, 5.41) is 18.0. The Morgan fingerprint density at radius 1 is 1.18 bits per heavy atom. The second kappa shape index (κ2) is 11.8. The van der Waals surface area contributed by atoms with E-state index in [1.165, 1.54) is 4.90 Å². The molecule has 0 saturated carbocycles. The molecule has 0 bridgehead atoms. The highest BCUT2D eigenvalue weighted by Gasteiger charge is 2.19. The minimum Gasteiger partial charge on any atom is -0.396 e. The molecule has 1 amide bonds. The predicted octanol–water partition coefficient (Wildman–Crippen LogP) is 0.384. The molecule has 0 aliphatic carbocycles. The number of hydrogen-bond donors (Lipinski definition) is 2. The number of nitrogens with zero attached hydrogens (tertiary/aromatic N) is 1. The first kappa shape index (κ1) is 21.3. The summed E-state index contributed by atoms with van der Waals surface area (Å²) in [6, 6.07) is 0. The monoisotopic (exact) mass is 321 g/mol. The number of aliphatic hydroxyl groups excluding tert-OH is 2. The molecule has 22 heavy (non-hydrogen) atoms. The van der Waals surface area contributed by atoms with Gasteiger partial charge in [0.1, 0.15) is 6.61 Å². The minimum atomic E-state index is -0.541. The molecule has 0 radical (unpaired) electrons. The Labute approximate surface area is 133 Å². The highest BCUT2D eigenvalue weighted by Crippen LogP contribution is 2.13. The average Bonchev–Trinajstić information content (AvgIpc) is 2.45. The predicted molar refractivity (Wildman–Crippen MR) is 82.4 cm³/mol. The quantitative estimate of drug-likeness (QED) is 0.477. The summed E-state index contributed by atoms with van der Waals surface area (Å²) in [5.41, 5.74) is -0.442. The zero-order valence-corrected chi connectivity index (χ0v) is 14.2. The summed E-state index contributed by atoms with van der Waals surface area (Å²) < 4.78 is 16.3. The first-order valence-corrected chi connectivity index (χ1v) is 7.73. The van der Waals surface area contributed by atoms with Gasteiger partial charge in [-0.2, -0.15) is 0 Å². The number of carbonyl (C=O) groups excluding carboxylic acids is 1. The van der Waals surface area contributed by atoms with E-state index in [-0.39, 0.29) is 18.8 Å². The molecule has 0 saturated heterocycles. The zero-order valence-electron chi connectivity index (χ0n) is 14.2. The van der Waals surface area contributed by atoms with E-state index in [4.69, 9.17) is 24.4 Å². The third kappa shape index (κ3) is 10.1. The van der Waals surface area contributed by atoms with E-state index in [0.29, 0.717) is 39.3 Å². The van der Waals surface area contributed by atoms with Crippen molar-refractivity contribution in [2.24, 2.45) is 0 Å². The Bertz CT molecular complexity index is 298. The molecule has 7 heteroatoms. The molecule has 0 aliphatic rings. The van der Waals surface area contributed by atoms with E-state index in [2.05, 4.69) is 0 Å². The van der Waals surface area contributed by atoms with Crippen molar-refractivity contribution in [3.05, 3.63) is 0 Å². The van der Waals surface area contributed by atoms with Gasteiger partial charge in [0.25, 0.3) is 0 Å². The lowest BCUT2D eigenvalue weighted by atomic mass is 10.1. The lowest BCUT2D eigenvalue weighted by Gasteiger charge is -2.27. The summed E-state index contributed by atoms with van der Waals surface area (Å²) >= 11 is 0. The normalized spacial score (nSPS) is 13.2. The summed E-state index contributed by atoms with van der Waals surface area (Å²) in [4.78, 5) is 13.2. The average molecular weight is 321 g/mol. The lowest BCUT2D eigenvalue weighted by Crippen LogP contribution is -2.40. The molecule has 0 aromatic carbocycles. The first-order chi connectivity index (χ1) is 10.4. The van der Waals surface area contributed by atoms with E-state index < -0.39 is 12.2 Å². The Hall–Kier alpha value is -0.730. The van der Waals surface area contributed by atoms with E-state index in [0.717, 1.165) is 0 Å². The highest BCUT2D eigenvalue weighted by molar-refractivity contribution is 5.77. The molecule has 7 nitrogen and oxygen atoms in total. The Balaban J connectivity index is 4.16. The van der Waals surface area contributed by atoms with Crippen molar-refractivity contribution in [1.82, 2.24) is 4.90 Å². The van der Waals surface area contributed by atoms with Gasteiger partial charge < -0.3 is 29.3 Å². The number of amides is 1. The number of ether oxygens (including phenoxy) is 3. The fraction of sp³-hybridized carbons (Fsp3) is 0.933. The Morgan fingerprint density at radius 3 is 2.36 bits per heavy atom. The minimum absolute atomic E-state index is 0.0510. The van der Waals surface area contributed by atoms with Crippen LogP contribution in [-0.4, -0.2) is 79.0 Å². The number of rotatable bonds is 13. The number of aliphatic hydroxyl groups is 2. The van der Waals surface area contributed by atoms with Gasteiger partial charge in [-0.3, -0.25) is 4.79 Å². The van der Waals surface area contributed by atoms with Gasteiger partial charge in [-0.15, -0.1) is 0 Å². The molecule has 0 rings (SSSR count). The van der Waals surface area contributed by atoms with Gasteiger partial charge in [0.15, 0.2) is 6.29 Å². The van der Waals surface area contributed by atoms with Crippen LogP contribution in [0.4, 0.5) is 0 Å². The SMILES string of the molecule is CCOC(C)OCCN(CCOC(C)(C)CCO)C(=O)CO. The molecule has 0 aromatic heterocycles. The second-order valence-electron chi connectivity index (χ2n) is 5.51. The van der Waals surface area contributed by atoms with Crippen molar-refractivity contribution in [3.8, 4) is 0 Å². The van der Waals surface area contributed by atoms with Crippen molar-refractivity contribution in [2.75, 3.05) is 46.1 Å². The van der Waals surface area contributed by atoms with E-state index in [1.54, 1.807) is 6.92 Å². The van der Waals surface area contributed by atoms with E-state index >= 15 is 0 Å². The maximum absolute atomic E-state index is 11.7. The summed E-state index contributed by atoms with van der Waals surface area (Å²) in [6.45, 7) is 8.90. The van der Waals surface area contributed by atoms with Crippen molar-refractivity contribution in [2.45, 2.75) is 46.0 Å². The molecule has 2 N–H and O–H groups in total. The number of hydrogen-bond acceptors (Lipinski definition) is 6. The van der Waals surface area contributed by atoms with Crippen LogP contribution in [0.25, 0.3) is 0 Å². The molecule has 0 aromatic rings. The standard InChI is InChI=1S/C15H31NO6/c1-5-20-13(2)21-10-7-16(14(19)12-18)8-11-22-15(3,4)6-9-17/h13,17-18H,5-12H2,1-4H3. The molecular formula is C15H31NO6. The van der Waals surface area contributed by atoms with Crippen LogP contribution in [0.5, 0.6) is 0 Å². The van der Waals surface area contributed by atoms with Crippen molar-refractivity contribution >= 4 is 5.91 Å². The van der Waals surface area contributed by atoms with Gasteiger partial charge in [0, 0.05) is 26.3 Å². The fourth-order valence-corrected chi connectivity index (χ4v) is 1.85. The molecule has 0 fully saturated rings. The summed E-state index contributed by atoms with van der Waals surface area (Å²) in [5.74, 6) is -0.365. The fourth-order valence-electron chi connectivity index (χ4n) is 1.85. The van der Waals surface area contributed by atoms with Crippen LogP contribution in [0.15, 0.2) is 0 Å². The van der Waals surface area contributed by atoms with Gasteiger partial charge >= 0.3 is 0 Å². The van der Waals surface area contributed by atoms with Crippen molar-refractivity contribution in [3.63, 3.8) is 0 Å². The first-order valence-electron chi connectivity index (χ1n) is 7.73. The van der Waals surface area contributed by atoms with Gasteiger partial charge in [-0.1, -0.05) is 0 Å². The highest BCUT2D eigenvalue weighted by atomic mass is 16.7. The molecule has 0 spiro atoms. The second-order valence-corrected chi connectivity index (χ2v) is 5.51. The molecule has 132 valence electrons. The maximum atomic E-state index is 11.7. The third-order valence-corrected chi connectivity index (χ3v) is 3.17. The smallest absolute Gasteiger partial charge is 0.248 e. The summed E-state index contributed by atoms with van der Waals surface area (Å²) in [7, 11) is 0. The van der Waals surface area contributed by atoms with Crippen molar-refractivity contribution in [1.29, 1.82) is 0 Å². The van der Waals surface area contributed by atoms with Gasteiger partial charge in [0.2, 0.25) is 5.91 Å². The third-order valence-electron chi connectivity index (χ3n) is 3.17. The van der Waals surface area contributed by atoms with Crippen LogP contribution in [0.2, 0.25) is 0 Å². The Morgan fingerprint density at radius 2 is 1.82 bits per heavy atom.